The molecule has 1 aliphatic rings. The van der Waals surface area contributed by atoms with Gasteiger partial charge in [-0.2, -0.15) is 4.98 Å². The minimum absolute atomic E-state index is 0.257. The van der Waals surface area contributed by atoms with E-state index in [1.54, 1.807) is 6.20 Å². The normalized spacial score (nSPS) is 18.0. The molecule has 3 N–H and O–H groups in total. The van der Waals surface area contributed by atoms with Crippen molar-refractivity contribution in [1.82, 2.24) is 20.2 Å². The first-order chi connectivity index (χ1) is 10.1. The van der Waals surface area contributed by atoms with Crippen LogP contribution in [0.3, 0.4) is 0 Å². The summed E-state index contributed by atoms with van der Waals surface area (Å²) in [5.74, 6) is 1.49. The first-order valence-electron chi connectivity index (χ1n) is 7.41. The number of nitrogens with zero attached hydrogens (tertiary/aromatic N) is 4. The molecular formula is C15H22N6. The summed E-state index contributed by atoms with van der Waals surface area (Å²) < 4.78 is 0. The topological polar surface area (TPSA) is 83.7 Å². The number of hydrogen-bond donors (Lipinski definition) is 2. The maximum absolute atomic E-state index is 5.85. The molecule has 0 amide bonds. The zero-order chi connectivity index (χ0) is 14.9. The number of pyridine rings is 1. The molecule has 1 saturated heterocycles. The van der Waals surface area contributed by atoms with E-state index in [4.69, 9.17) is 5.73 Å². The first kappa shape index (κ1) is 14.0. The number of hydrogen-bond acceptors (Lipinski definition) is 5. The van der Waals surface area contributed by atoms with E-state index in [0.717, 1.165) is 55.5 Å². The zero-order valence-corrected chi connectivity index (χ0v) is 12.6. The minimum Gasteiger partial charge on any atom is -0.339 e. The minimum atomic E-state index is 0.257. The van der Waals surface area contributed by atoms with Gasteiger partial charge in [-0.05, 0) is 43.4 Å². The number of piperidine rings is 1. The van der Waals surface area contributed by atoms with Crippen LogP contribution in [0.5, 0.6) is 0 Å². The van der Waals surface area contributed by atoms with Crippen LogP contribution in [0.2, 0.25) is 0 Å². The average Bonchev–Trinajstić information content (AvgIpc) is 2.98. The lowest BCUT2D eigenvalue weighted by Gasteiger charge is -2.38. The summed E-state index contributed by atoms with van der Waals surface area (Å²) in [5.41, 5.74) is 8.06. The van der Waals surface area contributed by atoms with Crippen molar-refractivity contribution < 1.29 is 0 Å². The Kier molecular flexibility index (Phi) is 3.63. The summed E-state index contributed by atoms with van der Waals surface area (Å²) >= 11 is 0. The van der Waals surface area contributed by atoms with Crippen LogP contribution in [0.4, 0.5) is 5.95 Å². The highest BCUT2D eigenvalue weighted by Crippen LogP contribution is 2.31. The average molecular weight is 286 g/mol. The van der Waals surface area contributed by atoms with Crippen molar-refractivity contribution in [2.45, 2.75) is 26.7 Å². The van der Waals surface area contributed by atoms with E-state index in [-0.39, 0.29) is 5.41 Å². The molecule has 0 atom stereocenters. The number of nitrogens with two attached hydrogens (primary N) is 1. The third kappa shape index (κ3) is 2.76. The monoisotopic (exact) mass is 286 g/mol. The Morgan fingerprint density at radius 2 is 2.14 bits per heavy atom. The number of nitrogens with one attached hydrogen (secondary N) is 1. The first-order valence-corrected chi connectivity index (χ1v) is 7.41. The Labute approximate surface area is 124 Å². The van der Waals surface area contributed by atoms with Crippen molar-refractivity contribution >= 4 is 5.95 Å². The number of aromatic amines is 1. The highest BCUT2D eigenvalue weighted by atomic mass is 15.4. The standard InChI is InChI=1S/C15H22N6/c1-11-4-3-7-17-12(11)13-18-14(20-19-13)21-8-5-15(2,10-16)6-9-21/h3-4,7H,5-6,8-10,16H2,1-2H3,(H,18,19,20). The molecule has 0 aliphatic carbocycles. The van der Waals surface area contributed by atoms with E-state index in [1.807, 2.05) is 19.1 Å². The van der Waals surface area contributed by atoms with E-state index in [0.29, 0.717) is 0 Å². The van der Waals surface area contributed by atoms with Gasteiger partial charge in [0.05, 0.1) is 0 Å². The van der Waals surface area contributed by atoms with Gasteiger partial charge in [0, 0.05) is 19.3 Å². The van der Waals surface area contributed by atoms with Crippen LogP contribution >= 0.6 is 0 Å². The van der Waals surface area contributed by atoms with Gasteiger partial charge in [0.2, 0.25) is 5.95 Å². The lowest BCUT2D eigenvalue weighted by molar-refractivity contribution is 0.257. The second kappa shape index (κ2) is 5.44. The van der Waals surface area contributed by atoms with Gasteiger partial charge in [0.1, 0.15) is 5.69 Å². The third-order valence-electron chi connectivity index (χ3n) is 4.45. The molecule has 0 aromatic carbocycles. The predicted octanol–water partition coefficient (Wildman–Crippen LogP) is 1.74. The molecule has 3 rings (SSSR count). The Morgan fingerprint density at radius 1 is 1.38 bits per heavy atom. The molecule has 1 fully saturated rings. The number of anilines is 1. The van der Waals surface area contributed by atoms with E-state index < -0.39 is 0 Å². The van der Waals surface area contributed by atoms with Gasteiger partial charge in [0.25, 0.3) is 0 Å². The molecular weight excluding hydrogens is 264 g/mol. The summed E-state index contributed by atoms with van der Waals surface area (Å²) in [6, 6.07) is 3.95. The van der Waals surface area contributed by atoms with Gasteiger partial charge in [-0.3, -0.25) is 10.1 Å². The fraction of sp³-hybridized carbons (Fsp3) is 0.533. The van der Waals surface area contributed by atoms with E-state index >= 15 is 0 Å². The predicted molar refractivity (Wildman–Crippen MR) is 83.0 cm³/mol. The Balaban J connectivity index is 1.76. The molecule has 0 saturated carbocycles. The third-order valence-corrected chi connectivity index (χ3v) is 4.45. The highest BCUT2D eigenvalue weighted by molar-refractivity contribution is 5.55. The van der Waals surface area contributed by atoms with E-state index in [1.165, 1.54) is 0 Å². The summed E-state index contributed by atoms with van der Waals surface area (Å²) in [6.07, 6.45) is 3.93. The largest absolute Gasteiger partial charge is 0.339 e. The van der Waals surface area contributed by atoms with Gasteiger partial charge in [-0.15, -0.1) is 5.10 Å². The molecule has 112 valence electrons. The van der Waals surface area contributed by atoms with Crippen molar-refractivity contribution in [2.24, 2.45) is 11.1 Å². The van der Waals surface area contributed by atoms with Crippen molar-refractivity contribution in [2.75, 3.05) is 24.5 Å². The molecule has 1 aliphatic heterocycles. The molecule has 2 aromatic rings. The van der Waals surface area contributed by atoms with Crippen molar-refractivity contribution in [1.29, 1.82) is 0 Å². The number of aryl methyl sites for hydroxylation is 1. The summed E-state index contributed by atoms with van der Waals surface area (Å²) in [6.45, 7) is 6.93. The molecule has 0 bridgehead atoms. The fourth-order valence-electron chi connectivity index (χ4n) is 2.68. The Hall–Kier alpha value is -1.95. The quantitative estimate of drug-likeness (QED) is 0.898. The van der Waals surface area contributed by atoms with Gasteiger partial charge < -0.3 is 10.6 Å². The van der Waals surface area contributed by atoms with Crippen molar-refractivity contribution in [3.8, 4) is 11.5 Å². The lowest BCUT2D eigenvalue weighted by atomic mass is 9.81. The molecule has 2 aromatic heterocycles. The highest BCUT2D eigenvalue weighted by Gasteiger charge is 2.30. The SMILES string of the molecule is Cc1cccnc1-c1nc(N2CCC(C)(CN)CC2)n[nH]1. The molecule has 0 spiro atoms. The fourth-order valence-corrected chi connectivity index (χ4v) is 2.68. The number of H-pyrrole nitrogens is 1. The van der Waals surface area contributed by atoms with Crippen LogP contribution in [0.1, 0.15) is 25.3 Å². The van der Waals surface area contributed by atoms with Crippen LogP contribution < -0.4 is 10.6 Å². The van der Waals surface area contributed by atoms with Gasteiger partial charge in [-0.1, -0.05) is 13.0 Å². The molecule has 0 radical (unpaired) electrons. The Bertz CT molecular complexity index is 612. The number of aromatic nitrogens is 4. The summed E-state index contributed by atoms with van der Waals surface area (Å²) in [7, 11) is 0. The van der Waals surface area contributed by atoms with Crippen LogP contribution in [0, 0.1) is 12.3 Å². The second-order valence-corrected chi connectivity index (χ2v) is 6.15. The number of rotatable bonds is 3. The van der Waals surface area contributed by atoms with Crippen molar-refractivity contribution in [3.05, 3.63) is 23.9 Å². The maximum atomic E-state index is 5.85. The van der Waals surface area contributed by atoms with Gasteiger partial charge in [0.15, 0.2) is 5.82 Å². The van der Waals surface area contributed by atoms with Crippen LogP contribution in [0.25, 0.3) is 11.5 Å². The van der Waals surface area contributed by atoms with Crippen molar-refractivity contribution in [3.63, 3.8) is 0 Å². The summed E-state index contributed by atoms with van der Waals surface area (Å²) in [5, 5.41) is 7.35. The molecule has 3 heterocycles. The van der Waals surface area contributed by atoms with Crippen LogP contribution in [-0.2, 0) is 0 Å². The molecule has 0 unspecified atom stereocenters. The van der Waals surface area contributed by atoms with Gasteiger partial charge >= 0.3 is 0 Å². The molecule has 6 heteroatoms. The van der Waals surface area contributed by atoms with E-state index in [9.17, 15) is 0 Å². The van der Waals surface area contributed by atoms with Gasteiger partial charge in [-0.25, -0.2) is 0 Å². The zero-order valence-electron chi connectivity index (χ0n) is 12.6. The molecule has 6 nitrogen and oxygen atoms in total. The van der Waals surface area contributed by atoms with E-state index in [2.05, 4.69) is 32.0 Å². The maximum Gasteiger partial charge on any atom is 0.245 e. The molecule has 21 heavy (non-hydrogen) atoms. The van der Waals surface area contributed by atoms with Crippen LogP contribution in [0.15, 0.2) is 18.3 Å². The van der Waals surface area contributed by atoms with Crippen LogP contribution in [-0.4, -0.2) is 39.8 Å². The second-order valence-electron chi connectivity index (χ2n) is 6.15. The Morgan fingerprint density at radius 3 is 2.81 bits per heavy atom. The smallest absolute Gasteiger partial charge is 0.245 e. The summed E-state index contributed by atoms with van der Waals surface area (Å²) in [4.78, 5) is 11.2. The lowest BCUT2D eigenvalue weighted by Crippen LogP contribution is -2.42.